The lowest BCUT2D eigenvalue weighted by molar-refractivity contribution is -0.000508. The van der Waals surface area contributed by atoms with Gasteiger partial charge in [0.1, 0.15) is 11.6 Å². The molecule has 2 N–H and O–H groups in total. The third kappa shape index (κ3) is 6.80. The van der Waals surface area contributed by atoms with E-state index in [0.717, 1.165) is 49.6 Å². The van der Waals surface area contributed by atoms with Gasteiger partial charge in [0, 0.05) is 66.2 Å². The quantitative estimate of drug-likeness (QED) is 0.167. The zero-order valence-corrected chi connectivity index (χ0v) is 31.0. The molecule has 0 bridgehead atoms. The average Bonchev–Trinajstić information content (AvgIpc) is 3.53. The van der Waals surface area contributed by atoms with Crippen LogP contribution in [0, 0.1) is 17.8 Å². The summed E-state index contributed by atoms with van der Waals surface area (Å²) < 4.78 is 20.3. The first-order valence-electron chi connectivity index (χ1n) is 17.2. The molecule has 3 aliphatic heterocycles. The van der Waals surface area contributed by atoms with Crippen molar-refractivity contribution in [1.82, 2.24) is 4.98 Å². The van der Waals surface area contributed by atoms with Gasteiger partial charge in [0.05, 0.1) is 38.4 Å². The smallest absolute Gasteiger partial charge is 0.265 e. The van der Waals surface area contributed by atoms with E-state index >= 15 is 0 Å². The predicted octanol–water partition coefficient (Wildman–Crippen LogP) is 9.13. The monoisotopic (exact) mass is 780 g/mol. The van der Waals surface area contributed by atoms with Crippen molar-refractivity contribution in [2.45, 2.75) is 19.3 Å². The Morgan fingerprint density at radius 2 is 1.69 bits per heavy atom. The number of halogens is 3. The third-order valence-electron chi connectivity index (χ3n) is 10.1. The van der Waals surface area contributed by atoms with Gasteiger partial charge in [-0.2, -0.15) is 0 Å². The summed E-state index contributed by atoms with van der Waals surface area (Å²) in [6.45, 7) is 10.7. The molecule has 1 spiro atoms. The van der Waals surface area contributed by atoms with E-state index in [0.29, 0.717) is 60.9 Å². The molecule has 14 heteroatoms. The van der Waals surface area contributed by atoms with E-state index in [4.69, 9.17) is 34.5 Å². The Labute approximate surface area is 324 Å². The van der Waals surface area contributed by atoms with Gasteiger partial charge in [-0.1, -0.05) is 29.3 Å². The number of hydrogen-bond donors (Lipinski definition) is 2. The molecule has 0 radical (unpaired) electrons. The number of nitrogens with zero attached hydrogens (tertiary/aromatic N) is 4. The molecule has 3 aromatic carbocycles. The summed E-state index contributed by atoms with van der Waals surface area (Å²) in [5.74, 6) is -1.13. The van der Waals surface area contributed by atoms with Crippen LogP contribution in [0.25, 0.3) is 15.3 Å². The standard InChI is InChI=1S/C40H31Cl2FN6O4S/c1-44-27-19-29(36(45-20-27)48-21-40(22-48)12-15-53-16-13-40)37(50)46-26-8-5-23(6-9-26)39(52)49-14-11-24-17-33(38(51)47-34-30(41)3-2-4-31(34)42)54-35(24)28-10-7-25(43)18-32(28)49/h2-10,17-20H,11-16,21-22H2,(H,46,50)(H,47,51). The fraction of sp³-hybridized carbons (Fsp3) is 0.225. The second-order valence-electron chi connectivity index (χ2n) is 13.6. The molecule has 5 aromatic rings. The van der Waals surface area contributed by atoms with Crippen LogP contribution in [0.2, 0.25) is 10.0 Å². The van der Waals surface area contributed by atoms with Gasteiger partial charge in [0.2, 0.25) is 5.69 Å². The lowest BCUT2D eigenvalue weighted by Crippen LogP contribution is -2.59. The first-order chi connectivity index (χ1) is 26.1. The van der Waals surface area contributed by atoms with E-state index in [-0.39, 0.29) is 29.5 Å². The molecule has 3 amide bonds. The molecule has 0 atom stereocenters. The Morgan fingerprint density at radius 3 is 2.41 bits per heavy atom. The van der Waals surface area contributed by atoms with Gasteiger partial charge in [0.25, 0.3) is 17.7 Å². The number of pyridine rings is 1. The van der Waals surface area contributed by atoms with Crippen molar-refractivity contribution >= 4 is 80.8 Å². The lowest BCUT2D eigenvalue weighted by Gasteiger charge is -2.53. The van der Waals surface area contributed by atoms with Crippen LogP contribution in [0.5, 0.6) is 0 Å². The number of benzene rings is 3. The summed E-state index contributed by atoms with van der Waals surface area (Å²) in [7, 11) is 0. The topological polar surface area (TPSA) is 108 Å². The number of nitrogens with one attached hydrogen (secondary N) is 2. The molecular formula is C40H31Cl2FN6O4S. The fourth-order valence-electron chi connectivity index (χ4n) is 7.24. The summed E-state index contributed by atoms with van der Waals surface area (Å²) >= 11 is 13.8. The predicted molar refractivity (Wildman–Crippen MR) is 209 cm³/mol. The molecule has 5 heterocycles. The molecule has 2 aromatic heterocycles. The highest BCUT2D eigenvalue weighted by Crippen LogP contribution is 2.44. The Hall–Kier alpha value is -5.32. The Morgan fingerprint density at radius 1 is 0.944 bits per heavy atom. The van der Waals surface area contributed by atoms with E-state index in [1.807, 2.05) is 0 Å². The van der Waals surface area contributed by atoms with Gasteiger partial charge >= 0.3 is 0 Å². The van der Waals surface area contributed by atoms with Crippen LogP contribution in [0.3, 0.4) is 0 Å². The fourth-order valence-corrected chi connectivity index (χ4v) is 8.87. The van der Waals surface area contributed by atoms with Gasteiger partial charge in [0.15, 0.2) is 0 Å². The highest BCUT2D eigenvalue weighted by atomic mass is 35.5. The second-order valence-corrected chi connectivity index (χ2v) is 15.4. The maximum absolute atomic E-state index is 14.8. The molecular weight excluding hydrogens is 750 g/mol. The summed E-state index contributed by atoms with van der Waals surface area (Å²) in [6.07, 6.45) is 3.82. The minimum Gasteiger partial charge on any atom is -0.381 e. The highest BCUT2D eigenvalue weighted by Gasteiger charge is 2.45. The molecule has 0 saturated carbocycles. The van der Waals surface area contributed by atoms with E-state index in [1.165, 1.54) is 34.6 Å². The first kappa shape index (κ1) is 35.7. The minimum atomic E-state index is -0.506. The summed E-state index contributed by atoms with van der Waals surface area (Å²) in [4.78, 5) is 53.7. The number of hydrogen-bond acceptors (Lipinski definition) is 7. The number of carbonyl (C=O) groups excluding carboxylic acids is 3. The van der Waals surface area contributed by atoms with Gasteiger partial charge in [-0.15, -0.1) is 11.3 Å². The van der Waals surface area contributed by atoms with Crippen molar-refractivity contribution in [3.63, 3.8) is 0 Å². The molecule has 54 heavy (non-hydrogen) atoms. The number of carbonyl (C=O) groups is 3. The molecule has 272 valence electrons. The number of amides is 3. The van der Waals surface area contributed by atoms with E-state index < -0.39 is 11.7 Å². The lowest BCUT2D eigenvalue weighted by atomic mass is 9.73. The van der Waals surface area contributed by atoms with Crippen molar-refractivity contribution in [2.75, 3.05) is 53.3 Å². The summed E-state index contributed by atoms with van der Waals surface area (Å²) in [5.41, 5.74) is 3.67. The maximum atomic E-state index is 14.8. The Bertz CT molecular complexity index is 2340. The number of thiophene rings is 1. The largest absolute Gasteiger partial charge is 0.381 e. The normalized spacial score (nSPS) is 15.7. The number of anilines is 4. The van der Waals surface area contributed by atoms with E-state index in [9.17, 15) is 18.8 Å². The van der Waals surface area contributed by atoms with Gasteiger partial charge in [-0.05, 0) is 91.6 Å². The van der Waals surface area contributed by atoms with Crippen LogP contribution in [0.1, 0.15) is 48.8 Å². The minimum absolute atomic E-state index is 0.159. The molecule has 8 rings (SSSR count). The van der Waals surface area contributed by atoms with Crippen LogP contribution in [-0.4, -0.2) is 55.6 Å². The van der Waals surface area contributed by atoms with Crippen LogP contribution in [0.15, 0.2) is 79.0 Å². The number of aromatic nitrogens is 1. The van der Waals surface area contributed by atoms with Crippen molar-refractivity contribution in [3.05, 3.63) is 128 Å². The first-order valence-corrected chi connectivity index (χ1v) is 18.8. The van der Waals surface area contributed by atoms with Crippen LogP contribution in [0.4, 0.5) is 33.0 Å². The number of fused-ring (bicyclic) bond motifs is 3. The Kier molecular flexibility index (Phi) is 9.58. The van der Waals surface area contributed by atoms with E-state index in [2.05, 4.69) is 25.4 Å². The SMILES string of the molecule is [C-]#[N+]c1cnc(N2CC3(CCOCC3)C2)c(C(=O)Nc2ccc(C(=O)N3CCc4cc(C(=O)Nc5c(Cl)cccc5Cl)sc4-c4ccc(F)cc43)cc2)c1. The van der Waals surface area contributed by atoms with Crippen molar-refractivity contribution < 1.29 is 23.5 Å². The van der Waals surface area contributed by atoms with Crippen molar-refractivity contribution in [1.29, 1.82) is 0 Å². The zero-order valence-electron chi connectivity index (χ0n) is 28.6. The van der Waals surface area contributed by atoms with Crippen molar-refractivity contribution in [2.24, 2.45) is 5.41 Å². The van der Waals surface area contributed by atoms with Gasteiger partial charge in [-0.3, -0.25) is 19.4 Å². The zero-order chi connectivity index (χ0) is 37.6. The number of rotatable bonds is 6. The Balaban J connectivity index is 0.998. The third-order valence-corrected chi connectivity index (χ3v) is 11.9. The molecule has 2 saturated heterocycles. The summed E-state index contributed by atoms with van der Waals surface area (Å²) in [6, 6.07) is 19.0. The molecule has 0 unspecified atom stereocenters. The van der Waals surface area contributed by atoms with E-state index in [1.54, 1.807) is 60.7 Å². The molecule has 0 aliphatic carbocycles. The number of ether oxygens (including phenoxy) is 1. The van der Waals surface area contributed by atoms with Gasteiger partial charge in [-0.25, -0.2) is 9.24 Å². The molecule has 10 nitrogen and oxygen atoms in total. The second kappa shape index (κ2) is 14.5. The van der Waals surface area contributed by atoms with Crippen LogP contribution >= 0.6 is 34.5 Å². The summed E-state index contributed by atoms with van der Waals surface area (Å²) in [5, 5.41) is 6.31. The van der Waals surface area contributed by atoms with Crippen molar-refractivity contribution in [3.8, 4) is 10.4 Å². The number of para-hydroxylation sites is 1. The van der Waals surface area contributed by atoms with Crippen LogP contribution < -0.4 is 20.4 Å². The maximum Gasteiger partial charge on any atom is 0.265 e. The molecule has 2 fully saturated rings. The van der Waals surface area contributed by atoms with Gasteiger partial charge < -0.3 is 25.2 Å². The molecule has 3 aliphatic rings. The average molecular weight is 782 g/mol. The highest BCUT2D eigenvalue weighted by molar-refractivity contribution is 7.17. The van der Waals surface area contributed by atoms with Crippen LogP contribution in [-0.2, 0) is 11.2 Å².